The van der Waals surface area contributed by atoms with E-state index in [1.54, 1.807) is 19.1 Å². The van der Waals surface area contributed by atoms with Gasteiger partial charge >= 0.3 is 5.69 Å². The molecule has 0 bridgehead atoms. The summed E-state index contributed by atoms with van der Waals surface area (Å²) in [6, 6.07) is 3.84. The molecule has 3 aromatic heterocycles. The summed E-state index contributed by atoms with van der Waals surface area (Å²) < 4.78 is 10.3. The van der Waals surface area contributed by atoms with E-state index in [0.29, 0.717) is 17.4 Å². The Morgan fingerprint density at radius 3 is 2.57 bits per heavy atom. The highest BCUT2D eigenvalue weighted by molar-refractivity contribution is 7.22. The lowest BCUT2D eigenvalue weighted by Crippen LogP contribution is -2.39. The molecule has 3 heterocycles. The fourth-order valence-electron chi connectivity index (χ4n) is 4.00. The zero-order valence-electron chi connectivity index (χ0n) is 20.7. The van der Waals surface area contributed by atoms with Gasteiger partial charge in [-0.1, -0.05) is 17.4 Å². The van der Waals surface area contributed by atoms with Crippen molar-refractivity contribution in [1.82, 2.24) is 28.6 Å². The number of thiazole rings is 1. The van der Waals surface area contributed by atoms with Crippen molar-refractivity contribution < 1.29 is 9.53 Å². The number of carbonyl (C=O) groups excluding carboxylic acids is 1. The quantitative estimate of drug-likeness (QED) is 0.360. The zero-order chi connectivity index (χ0) is 25.4. The average molecular weight is 500 g/mol. The van der Waals surface area contributed by atoms with Gasteiger partial charge in [0.05, 0.1) is 18.1 Å². The first kappa shape index (κ1) is 24.6. The van der Waals surface area contributed by atoms with Crippen molar-refractivity contribution in [3.8, 4) is 5.75 Å². The number of rotatable bonds is 8. The normalized spacial score (nSPS) is 11.6. The van der Waals surface area contributed by atoms with Gasteiger partial charge in [-0.25, -0.2) is 14.8 Å². The molecule has 11 nitrogen and oxygen atoms in total. The highest BCUT2D eigenvalue weighted by atomic mass is 32.1. The number of aryl methyl sites for hydroxylation is 2. The Hall–Kier alpha value is -3.51. The summed E-state index contributed by atoms with van der Waals surface area (Å²) in [6.45, 7) is 3.15. The smallest absolute Gasteiger partial charge is 0.332 e. The van der Waals surface area contributed by atoms with Crippen LogP contribution in [-0.2, 0) is 25.4 Å². The molecule has 0 aliphatic carbocycles. The summed E-state index contributed by atoms with van der Waals surface area (Å²) in [5, 5.41) is 0.570. The molecule has 1 aromatic carbocycles. The van der Waals surface area contributed by atoms with Crippen molar-refractivity contribution in [2.75, 3.05) is 39.2 Å². The molecule has 186 valence electrons. The Labute approximate surface area is 205 Å². The first-order chi connectivity index (χ1) is 16.6. The van der Waals surface area contributed by atoms with Crippen LogP contribution in [0, 0.1) is 6.92 Å². The third-order valence-corrected chi connectivity index (χ3v) is 7.17. The van der Waals surface area contributed by atoms with Crippen LogP contribution in [0.5, 0.6) is 5.75 Å². The SMILES string of the molecule is COc1ccc(C)c2sc(N(CCCN(C)C)C(=O)Cn3cnc4c3c(=O)n(C)c(=O)n4C)nc12. The number of imidazole rings is 1. The van der Waals surface area contributed by atoms with Crippen molar-refractivity contribution in [3.05, 3.63) is 44.9 Å². The van der Waals surface area contributed by atoms with Gasteiger partial charge < -0.3 is 14.2 Å². The molecule has 0 spiro atoms. The zero-order valence-corrected chi connectivity index (χ0v) is 21.5. The maximum Gasteiger partial charge on any atom is 0.332 e. The topological polar surface area (TPSA) is 107 Å². The van der Waals surface area contributed by atoms with Gasteiger partial charge in [-0.2, -0.15) is 0 Å². The van der Waals surface area contributed by atoms with Crippen LogP contribution in [0.3, 0.4) is 0 Å². The molecule has 0 aliphatic rings. The lowest BCUT2D eigenvalue weighted by atomic mass is 10.2. The van der Waals surface area contributed by atoms with Crippen LogP contribution in [0.1, 0.15) is 12.0 Å². The average Bonchev–Trinajstić information content (AvgIpc) is 3.45. The van der Waals surface area contributed by atoms with Crippen molar-refractivity contribution in [2.45, 2.75) is 19.9 Å². The summed E-state index contributed by atoms with van der Waals surface area (Å²) in [6.07, 6.45) is 2.17. The minimum absolute atomic E-state index is 0.113. The summed E-state index contributed by atoms with van der Waals surface area (Å²) >= 11 is 1.44. The first-order valence-corrected chi connectivity index (χ1v) is 12.0. The number of anilines is 1. The fourth-order valence-corrected chi connectivity index (χ4v) is 5.09. The van der Waals surface area contributed by atoms with Gasteiger partial charge in [0.15, 0.2) is 16.3 Å². The number of aromatic nitrogens is 5. The Morgan fingerprint density at radius 1 is 1.14 bits per heavy atom. The number of hydrogen-bond donors (Lipinski definition) is 0. The maximum absolute atomic E-state index is 13.6. The van der Waals surface area contributed by atoms with E-state index in [-0.39, 0.29) is 23.6 Å². The Balaban J connectivity index is 1.75. The van der Waals surface area contributed by atoms with Gasteiger partial charge in [-0.3, -0.25) is 23.6 Å². The summed E-state index contributed by atoms with van der Waals surface area (Å²) in [7, 11) is 8.52. The second-order valence-electron chi connectivity index (χ2n) is 8.71. The van der Waals surface area contributed by atoms with Gasteiger partial charge in [0.2, 0.25) is 5.91 Å². The fraction of sp³-hybridized carbons (Fsp3) is 0.435. The molecule has 0 fully saturated rings. The molecule has 1 amide bonds. The van der Waals surface area contributed by atoms with E-state index in [9.17, 15) is 14.4 Å². The van der Waals surface area contributed by atoms with Crippen LogP contribution in [-0.4, -0.2) is 68.8 Å². The van der Waals surface area contributed by atoms with Crippen molar-refractivity contribution in [2.24, 2.45) is 14.1 Å². The summed E-state index contributed by atoms with van der Waals surface area (Å²) in [4.78, 5) is 51.4. The number of amides is 1. The number of hydrogen-bond acceptors (Lipinski definition) is 8. The van der Waals surface area contributed by atoms with E-state index in [1.165, 1.54) is 33.8 Å². The Morgan fingerprint density at radius 2 is 1.89 bits per heavy atom. The van der Waals surface area contributed by atoms with Gasteiger partial charge in [0.25, 0.3) is 5.56 Å². The molecule has 0 saturated heterocycles. The van der Waals surface area contributed by atoms with Gasteiger partial charge in [0, 0.05) is 20.6 Å². The number of nitrogens with zero attached hydrogens (tertiary/aromatic N) is 7. The van der Waals surface area contributed by atoms with Crippen LogP contribution < -0.4 is 20.9 Å². The summed E-state index contributed by atoms with van der Waals surface area (Å²) in [5.74, 6) is 0.424. The molecule has 0 radical (unpaired) electrons. The molecule has 35 heavy (non-hydrogen) atoms. The highest BCUT2D eigenvalue weighted by Gasteiger charge is 2.24. The third kappa shape index (κ3) is 4.46. The van der Waals surface area contributed by atoms with E-state index in [2.05, 4.69) is 9.88 Å². The minimum Gasteiger partial charge on any atom is -0.494 e. The van der Waals surface area contributed by atoms with E-state index < -0.39 is 11.2 Å². The van der Waals surface area contributed by atoms with Gasteiger partial charge in [-0.15, -0.1) is 0 Å². The number of ether oxygens (including phenoxy) is 1. The molecule has 4 aromatic rings. The molecule has 4 rings (SSSR count). The number of benzene rings is 1. The molecule has 12 heteroatoms. The lowest BCUT2D eigenvalue weighted by molar-refractivity contribution is -0.119. The summed E-state index contributed by atoms with van der Waals surface area (Å²) in [5.41, 5.74) is 1.25. The predicted octanol–water partition coefficient (Wildman–Crippen LogP) is 1.35. The van der Waals surface area contributed by atoms with E-state index in [4.69, 9.17) is 9.72 Å². The van der Waals surface area contributed by atoms with Crippen LogP contribution in [0.2, 0.25) is 0 Å². The molecular formula is C23H29N7O4S. The predicted molar refractivity (Wildman–Crippen MR) is 137 cm³/mol. The number of fused-ring (bicyclic) bond motifs is 2. The molecule has 0 N–H and O–H groups in total. The lowest BCUT2D eigenvalue weighted by Gasteiger charge is -2.21. The van der Waals surface area contributed by atoms with Gasteiger partial charge in [0.1, 0.15) is 17.8 Å². The van der Waals surface area contributed by atoms with E-state index in [1.807, 2.05) is 33.2 Å². The van der Waals surface area contributed by atoms with Crippen LogP contribution in [0.4, 0.5) is 5.13 Å². The molecular weight excluding hydrogens is 470 g/mol. The number of carbonyl (C=O) groups is 1. The number of methoxy groups -OCH3 is 1. The largest absolute Gasteiger partial charge is 0.494 e. The monoisotopic (exact) mass is 499 g/mol. The first-order valence-electron chi connectivity index (χ1n) is 11.1. The van der Waals surface area contributed by atoms with E-state index >= 15 is 0 Å². The van der Waals surface area contributed by atoms with E-state index in [0.717, 1.165) is 33.3 Å². The van der Waals surface area contributed by atoms with Crippen molar-refractivity contribution in [1.29, 1.82) is 0 Å². The third-order valence-electron chi connectivity index (χ3n) is 5.95. The van der Waals surface area contributed by atoms with Crippen molar-refractivity contribution in [3.63, 3.8) is 0 Å². The molecule has 0 saturated carbocycles. The Kier molecular flexibility index (Phi) is 6.77. The minimum atomic E-state index is -0.493. The maximum atomic E-state index is 13.6. The molecule has 0 aliphatic heterocycles. The van der Waals surface area contributed by atoms with Crippen LogP contribution >= 0.6 is 11.3 Å². The Bertz CT molecular complexity index is 1530. The molecule has 0 unspecified atom stereocenters. The van der Waals surface area contributed by atoms with Gasteiger partial charge in [-0.05, 0) is 45.6 Å². The van der Waals surface area contributed by atoms with Crippen LogP contribution in [0.15, 0.2) is 28.0 Å². The highest BCUT2D eigenvalue weighted by Crippen LogP contribution is 2.36. The molecule has 0 atom stereocenters. The van der Waals surface area contributed by atoms with Crippen molar-refractivity contribution >= 4 is 43.8 Å². The second kappa shape index (κ2) is 9.62. The standard InChI is InChI=1S/C23H29N7O4S/c1-14-8-9-15(34-6)17-19(14)35-22(25-17)30(11-7-10-26(2)3)16(31)12-29-13-24-20-18(29)21(32)28(5)23(33)27(20)4/h8-9,13H,7,10-12H2,1-6H3. The van der Waals surface area contributed by atoms with Crippen LogP contribution in [0.25, 0.3) is 21.4 Å². The second-order valence-corrected chi connectivity index (χ2v) is 9.69.